The lowest BCUT2D eigenvalue weighted by Crippen LogP contribution is -2.14. The molecule has 0 bridgehead atoms. The number of anilines is 1. The zero-order valence-corrected chi connectivity index (χ0v) is 15.3. The average Bonchev–Trinajstić information content (AvgIpc) is 2.93. The molecule has 1 heterocycles. The minimum atomic E-state index is -0.225. The lowest BCUT2D eigenvalue weighted by atomic mass is 10.1. The summed E-state index contributed by atoms with van der Waals surface area (Å²) in [5, 5.41) is 7.04. The molecule has 0 fully saturated rings. The van der Waals surface area contributed by atoms with Crippen LogP contribution in [0.3, 0.4) is 0 Å². The van der Waals surface area contributed by atoms with E-state index in [4.69, 9.17) is 4.52 Å². The Balaban J connectivity index is 1.99. The van der Waals surface area contributed by atoms with E-state index in [1.807, 2.05) is 56.3 Å². The number of nitrogens with one attached hydrogen (secondary N) is 1. The second-order valence-electron chi connectivity index (χ2n) is 5.75. The van der Waals surface area contributed by atoms with Crippen LogP contribution in [0.2, 0.25) is 0 Å². The van der Waals surface area contributed by atoms with Crippen LogP contribution in [-0.4, -0.2) is 11.1 Å². The molecule has 4 nitrogen and oxygen atoms in total. The molecule has 1 aromatic heterocycles. The molecule has 0 aliphatic rings. The van der Waals surface area contributed by atoms with Gasteiger partial charge in [-0.15, -0.1) is 0 Å². The molecule has 122 valence electrons. The maximum Gasteiger partial charge on any atom is 0.261 e. The van der Waals surface area contributed by atoms with E-state index in [0.29, 0.717) is 17.0 Å². The van der Waals surface area contributed by atoms with Crippen molar-refractivity contribution in [1.82, 2.24) is 5.16 Å². The second kappa shape index (κ2) is 6.61. The van der Waals surface area contributed by atoms with Gasteiger partial charge in [0.15, 0.2) is 0 Å². The van der Waals surface area contributed by atoms with E-state index >= 15 is 0 Å². The Morgan fingerprint density at radius 1 is 1.12 bits per heavy atom. The lowest BCUT2D eigenvalue weighted by Gasteiger charge is -2.09. The third-order valence-electron chi connectivity index (χ3n) is 3.83. The molecule has 0 saturated carbocycles. The normalized spacial score (nSPS) is 10.7. The number of hydrogen-bond acceptors (Lipinski definition) is 3. The first-order chi connectivity index (χ1) is 11.5. The number of benzene rings is 2. The van der Waals surface area contributed by atoms with Gasteiger partial charge in [-0.2, -0.15) is 0 Å². The topological polar surface area (TPSA) is 55.1 Å². The first-order valence-corrected chi connectivity index (χ1v) is 8.36. The van der Waals surface area contributed by atoms with Crippen molar-refractivity contribution in [3.8, 4) is 11.3 Å². The fourth-order valence-corrected chi connectivity index (χ4v) is 2.93. The molecule has 1 N–H and O–H groups in total. The Morgan fingerprint density at radius 2 is 1.92 bits per heavy atom. The van der Waals surface area contributed by atoms with Gasteiger partial charge in [0.2, 0.25) is 0 Å². The van der Waals surface area contributed by atoms with Crippen LogP contribution in [0.15, 0.2) is 51.5 Å². The van der Waals surface area contributed by atoms with Crippen LogP contribution in [-0.2, 0) is 0 Å². The van der Waals surface area contributed by atoms with Crippen molar-refractivity contribution >= 4 is 27.5 Å². The Hall–Kier alpha value is -2.40. The second-order valence-corrected chi connectivity index (χ2v) is 6.66. The number of hydrogen-bond donors (Lipinski definition) is 1. The zero-order valence-electron chi connectivity index (χ0n) is 13.7. The Morgan fingerprint density at radius 3 is 2.67 bits per heavy atom. The number of carbonyl (C=O) groups is 1. The van der Waals surface area contributed by atoms with Gasteiger partial charge in [0.05, 0.1) is 0 Å². The predicted molar refractivity (Wildman–Crippen MR) is 98.2 cm³/mol. The highest BCUT2D eigenvalue weighted by Crippen LogP contribution is 2.28. The molecule has 3 rings (SSSR count). The van der Waals surface area contributed by atoms with Crippen LogP contribution in [0, 0.1) is 20.8 Å². The summed E-state index contributed by atoms with van der Waals surface area (Å²) in [5.74, 6) is 0.269. The van der Waals surface area contributed by atoms with Crippen molar-refractivity contribution < 1.29 is 9.32 Å². The number of halogens is 1. The Labute approximate surface area is 149 Å². The maximum atomic E-state index is 12.8. The number of aryl methyl sites for hydroxylation is 3. The minimum Gasteiger partial charge on any atom is -0.360 e. The highest BCUT2D eigenvalue weighted by Gasteiger charge is 2.22. The van der Waals surface area contributed by atoms with Gasteiger partial charge in [-0.1, -0.05) is 45.4 Å². The van der Waals surface area contributed by atoms with Gasteiger partial charge in [0.1, 0.15) is 17.0 Å². The fraction of sp³-hybridized carbons (Fsp3) is 0.158. The summed E-state index contributed by atoms with van der Waals surface area (Å²) < 4.78 is 6.19. The fourth-order valence-electron chi connectivity index (χ4n) is 2.53. The molecule has 5 heteroatoms. The van der Waals surface area contributed by atoms with Crippen LogP contribution in [0.5, 0.6) is 0 Å². The maximum absolute atomic E-state index is 12.8. The molecule has 0 saturated heterocycles. The van der Waals surface area contributed by atoms with E-state index in [2.05, 4.69) is 26.4 Å². The molecule has 3 aromatic rings. The van der Waals surface area contributed by atoms with Gasteiger partial charge < -0.3 is 9.84 Å². The SMILES string of the molecule is Cc1ccc(C)c(NC(=O)c2c(-c3cccc(Br)c3)noc2C)c1. The summed E-state index contributed by atoms with van der Waals surface area (Å²) in [4.78, 5) is 12.8. The molecule has 2 aromatic carbocycles. The highest BCUT2D eigenvalue weighted by molar-refractivity contribution is 9.10. The number of aromatic nitrogens is 1. The highest BCUT2D eigenvalue weighted by atomic mass is 79.9. The minimum absolute atomic E-state index is 0.225. The van der Waals surface area contributed by atoms with Crippen LogP contribution in [0.25, 0.3) is 11.3 Å². The molecular weight excluding hydrogens is 368 g/mol. The van der Waals surface area contributed by atoms with Gasteiger partial charge in [-0.25, -0.2) is 0 Å². The summed E-state index contributed by atoms with van der Waals surface area (Å²) >= 11 is 3.44. The smallest absolute Gasteiger partial charge is 0.261 e. The molecule has 0 radical (unpaired) electrons. The van der Waals surface area contributed by atoms with Crippen molar-refractivity contribution in [2.45, 2.75) is 20.8 Å². The van der Waals surface area contributed by atoms with Crippen molar-refractivity contribution in [3.05, 3.63) is 69.4 Å². The van der Waals surface area contributed by atoms with E-state index in [1.54, 1.807) is 6.92 Å². The van der Waals surface area contributed by atoms with Crippen LogP contribution in [0.1, 0.15) is 27.2 Å². The van der Waals surface area contributed by atoms with E-state index in [9.17, 15) is 4.79 Å². The Bertz CT molecular complexity index is 915. The summed E-state index contributed by atoms with van der Waals surface area (Å²) in [6, 6.07) is 13.6. The molecule has 24 heavy (non-hydrogen) atoms. The standard InChI is InChI=1S/C19H17BrN2O2/c1-11-7-8-12(2)16(9-11)21-19(23)17-13(3)24-22-18(17)14-5-4-6-15(20)10-14/h4-10H,1-3H3,(H,21,23). The predicted octanol–water partition coefficient (Wildman–Crippen LogP) is 5.28. The first-order valence-electron chi connectivity index (χ1n) is 7.56. The largest absolute Gasteiger partial charge is 0.360 e. The third-order valence-corrected chi connectivity index (χ3v) is 4.32. The van der Waals surface area contributed by atoms with Crippen LogP contribution < -0.4 is 5.32 Å². The summed E-state index contributed by atoms with van der Waals surface area (Å²) in [6.07, 6.45) is 0. The van der Waals surface area contributed by atoms with Gasteiger partial charge >= 0.3 is 0 Å². The van der Waals surface area contributed by atoms with E-state index in [-0.39, 0.29) is 5.91 Å². The van der Waals surface area contributed by atoms with Crippen LogP contribution in [0.4, 0.5) is 5.69 Å². The Kier molecular flexibility index (Phi) is 4.53. The molecule has 0 spiro atoms. The van der Waals surface area contributed by atoms with Gasteiger partial charge in [0.25, 0.3) is 5.91 Å². The number of rotatable bonds is 3. The molecule has 0 aliphatic carbocycles. The van der Waals surface area contributed by atoms with Crippen molar-refractivity contribution in [2.24, 2.45) is 0 Å². The van der Waals surface area contributed by atoms with Crippen molar-refractivity contribution in [3.63, 3.8) is 0 Å². The average molecular weight is 385 g/mol. The monoisotopic (exact) mass is 384 g/mol. The number of carbonyl (C=O) groups excluding carboxylic acids is 1. The lowest BCUT2D eigenvalue weighted by molar-refractivity contribution is 0.102. The molecule has 0 aliphatic heterocycles. The summed E-state index contributed by atoms with van der Waals surface area (Å²) in [5.41, 5.74) is 4.70. The van der Waals surface area contributed by atoms with E-state index < -0.39 is 0 Å². The first kappa shape index (κ1) is 16.5. The van der Waals surface area contributed by atoms with E-state index in [0.717, 1.165) is 26.9 Å². The van der Waals surface area contributed by atoms with Crippen LogP contribution >= 0.6 is 15.9 Å². The summed E-state index contributed by atoms with van der Waals surface area (Å²) in [6.45, 7) is 5.70. The molecule has 1 amide bonds. The number of nitrogens with zero attached hydrogens (tertiary/aromatic N) is 1. The van der Waals surface area contributed by atoms with E-state index in [1.165, 1.54) is 0 Å². The van der Waals surface area contributed by atoms with Crippen molar-refractivity contribution in [2.75, 3.05) is 5.32 Å². The molecule has 0 atom stereocenters. The third kappa shape index (κ3) is 3.26. The molecular formula is C19H17BrN2O2. The van der Waals surface area contributed by atoms with Gasteiger partial charge in [-0.05, 0) is 50.1 Å². The van der Waals surface area contributed by atoms with Gasteiger partial charge in [0, 0.05) is 15.7 Å². The zero-order chi connectivity index (χ0) is 17.3. The molecule has 0 unspecified atom stereocenters. The quantitative estimate of drug-likeness (QED) is 0.667. The van der Waals surface area contributed by atoms with Gasteiger partial charge in [-0.3, -0.25) is 4.79 Å². The van der Waals surface area contributed by atoms with Crippen molar-refractivity contribution in [1.29, 1.82) is 0 Å². The summed E-state index contributed by atoms with van der Waals surface area (Å²) in [7, 11) is 0. The number of amides is 1.